The van der Waals surface area contributed by atoms with Gasteiger partial charge in [-0.2, -0.15) is 0 Å². The van der Waals surface area contributed by atoms with Crippen LogP contribution in [0.5, 0.6) is 0 Å². The second kappa shape index (κ2) is 7.47. The Morgan fingerprint density at radius 3 is 1.96 bits per heavy atom. The average molecular weight is 369 g/mol. The highest BCUT2D eigenvalue weighted by molar-refractivity contribution is 5.84. The average Bonchev–Trinajstić information content (AvgIpc) is 3.13. The molecule has 3 nitrogen and oxygen atoms in total. The third-order valence-electron chi connectivity index (χ3n) is 5.26. The van der Waals surface area contributed by atoms with E-state index in [0.29, 0.717) is 23.2 Å². The lowest BCUT2D eigenvalue weighted by Gasteiger charge is -2.34. The molecule has 28 heavy (non-hydrogen) atoms. The maximum Gasteiger partial charge on any atom is 0.145 e. The molecule has 1 atom stereocenters. The first-order valence-electron chi connectivity index (χ1n) is 9.36. The van der Waals surface area contributed by atoms with E-state index in [9.17, 15) is 10.2 Å². The zero-order valence-corrected chi connectivity index (χ0v) is 15.6. The van der Waals surface area contributed by atoms with Crippen LogP contribution < -0.4 is 0 Å². The zero-order chi connectivity index (χ0) is 19.6. The first-order chi connectivity index (χ1) is 13.7. The molecule has 0 aliphatic rings. The molecule has 2 N–H and O–H groups in total. The number of hydrogen-bond donors (Lipinski definition) is 2. The number of para-hydroxylation sites is 1. The lowest BCUT2D eigenvalue weighted by molar-refractivity contribution is -0.0511. The molecule has 4 aromatic rings. The first kappa shape index (κ1) is 18.2. The fraction of sp³-hybridized carbons (Fsp3) is 0.120. The van der Waals surface area contributed by atoms with Crippen LogP contribution in [-0.2, 0) is 12.1 Å². The van der Waals surface area contributed by atoms with Crippen molar-refractivity contribution >= 4 is 10.9 Å². The SMILES string of the molecule is C=CCn1cc(C(O)C(O)(c2ccccc2)c2ccccc2)c2ccccc21. The molecule has 1 unspecified atom stereocenters. The molecule has 0 radical (unpaired) electrons. The van der Waals surface area contributed by atoms with Gasteiger partial charge in [0.15, 0.2) is 0 Å². The highest BCUT2D eigenvalue weighted by atomic mass is 16.3. The molecule has 0 aliphatic heterocycles. The summed E-state index contributed by atoms with van der Waals surface area (Å²) in [5.74, 6) is 0. The van der Waals surface area contributed by atoms with Gasteiger partial charge in [-0.3, -0.25) is 0 Å². The Kier molecular flexibility index (Phi) is 4.86. The second-order valence-corrected chi connectivity index (χ2v) is 6.94. The molecule has 1 aromatic heterocycles. The van der Waals surface area contributed by atoms with Gasteiger partial charge in [0.05, 0.1) is 0 Å². The quantitative estimate of drug-likeness (QED) is 0.480. The number of rotatable bonds is 6. The van der Waals surface area contributed by atoms with Gasteiger partial charge in [0.1, 0.15) is 11.7 Å². The molecule has 1 heterocycles. The standard InChI is InChI=1S/C25H23NO2/c1-2-17-26-18-22(21-15-9-10-16-23(21)26)24(27)25(28,19-11-5-3-6-12-19)20-13-7-4-8-14-20/h2-16,18,24,27-28H,1,17H2. The Bertz CT molecular complexity index is 1040. The molecular formula is C25H23NO2. The molecule has 3 aromatic carbocycles. The molecular weight excluding hydrogens is 346 g/mol. The monoisotopic (exact) mass is 369 g/mol. The van der Waals surface area contributed by atoms with Gasteiger partial charge in [-0.05, 0) is 17.2 Å². The molecule has 3 heteroatoms. The predicted octanol–water partition coefficient (Wildman–Crippen LogP) is 4.80. The van der Waals surface area contributed by atoms with Crippen molar-refractivity contribution in [2.24, 2.45) is 0 Å². The van der Waals surface area contributed by atoms with Crippen molar-refractivity contribution in [1.82, 2.24) is 4.57 Å². The summed E-state index contributed by atoms with van der Waals surface area (Å²) in [6.45, 7) is 4.46. The normalized spacial score (nSPS) is 12.8. The van der Waals surface area contributed by atoms with Gasteiger partial charge < -0.3 is 14.8 Å². The topological polar surface area (TPSA) is 45.4 Å². The van der Waals surface area contributed by atoms with Gasteiger partial charge in [0, 0.05) is 29.2 Å². The Labute approximate surface area is 164 Å². The molecule has 0 aliphatic carbocycles. The highest BCUT2D eigenvalue weighted by Crippen LogP contribution is 2.43. The Morgan fingerprint density at radius 1 is 0.857 bits per heavy atom. The van der Waals surface area contributed by atoms with Crippen molar-refractivity contribution in [3.05, 3.63) is 120 Å². The highest BCUT2D eigenvalue weighted by Gasteiger charge is 2.41. The number of nitrogens with zero attached hydrogens (tertiary/aromatic N) is 1. The van der Waals surface area contributed by atoms with Gasteiger partial charge in [-0.1, -0.05) is 84.9 Å². The van der Waals surface area contributed by atoms with Crippen molar-refractivity contribution in [3.8, 4) is 0 Å². The van der Waals surface area contributed by atoms with Crippen molar-refractivity contribution < 1.29 is 10.2 Å². The van der Waals surface area contributed by atoms with Crippen LogP contribution in [-0.4, -0.2) is 14.8 Å². The van der Waals surface area contributed by atoms with Crippen LogP contribution >= 0.6 is 0 Å². The minimum absolute atomic E-state index is 0.627. The van der Waals surface area contributed by atoms with Crippen LogP contribution in [0.25, 0.3) is 10.9 Å². The van der Waals surface area contributed by atoms with Crippen molar-refractivity contribution in [1.29, 1.82) is 0 Å². The van der Waals surface area contributed by atoms with Gasteiger partial charge in [-0.25, -0.2) is 0 Å². The van der Waals surface area contributed by atoms with Crippen molar-refractivity contribution in [2.45, 2.75) is 18.2 Å². The van der Waals surface area contributed by atoms with Gasteiger partial charge in [0.2, 0.25) is 0 Å². The number of aliphatic hydroxyl groups excluding tert-OH is 1. The minimum atomic E-state index is -1.58. The van der Waals surface area contributed by atoms with Crippen molar-refractivity contribution in [2.75, 3.05) is 0 Å². The number of aliphatic hydroxyl groups is 2. The largest absolute Gasteiger partial charge is 0.385 e. The summed E-state index contributed by atoms with van der Waals surface area (Å²) in [6, 6.07) is 26.6. The summed E-state index contributed by atoms with van der Waals surface area (Å²) >= 11 is 0. The lowest BCUT2D eigenvalue weighted by Crippen LogP contribution is -2.35. The third-order valence-corrected chi connectivity index (χ3v) is 5.26. The minimum Gasteiger partial charge on any atom is -0.385 e. The molecule has 0 saturated carbocycles. The summed E-state index contributed by atoms with van der Waals surface area (Å²) in [4.78, 5) is 0. The summed E-state index contributed by atoms with van der Waals surface area (Å²) in [5.41, 5.74) is 1.40. The van der Waals surface area contributed by atoms with E-state index < -0.39 is 11.7 Å². The Balaban J connectivity index is 1.94. The molecule has 0 bridgehead atoms. The van der Waals surface area contributed by atoms with Gasteiger partial charge in [0.25, 0.3) is 0 Å². The van der Waals surface area contributed by atoms with Crippen molar-refractivity contribution in [3.63, 3.8) is 0 Å². The third kappa shape index (κ3) is 2.95. The number of fused-ring (bicyclic) bond motifs is 1. The van der Waals surface area contributed by atoms with E-state index in [2.05, 4.69) is 6.58 Å². The van der Waals surface area contributed by atoms with Crippen LogP contribution in [0, 0.1) is 0 Å². The zero-order valence-electron chi connectivity index (χ0n) is 15.6. The van der Waals surface area contributed by atoms with Crippen LogP contribution in [0.4, 0.5) is 0 Å². The van der Waals surface area contributed by atoms with E-state index in [1.54, 1.807) is 0 Å². The van der Waals surface area contributed by atoms with E-state index in [1.807, 2.05) is 102 Å². The molecule has 0 spiro atoms. The lowest BCUT2D eigenvalue weighted by atomic mass is 9.79. The molecule has 0 saturated heterocycles. The smallest absolute Gasteiger partial charge is 0.145 e. The Hall–Kier alpha value is -3.14. The van der Waals surface area contributed by atoms with E-state index >= 15 is 0 Å². The molecule has 140 valence electrons. The predicted molar refractivity (Wildman–Crippen MR) is 113 cm³/mol. The summed E-state index contributed by atoms with van der Waals surface area (Å²) in [7, 11) is 0. The molecule has 0 fully saturated rings. The van der Waals surface area contributed by atoms with E-state index in [4.69, 9.17) is 0 Å². The number of allylic oxidation sites excluding steroid dienone is 1. The number of aromatic nitrogens is 1. The summed E-state index contributed by atoms with van der Waals surface area (Å²) in [5, 5.41) is 24.4. The van der Waals surface area contributed by atoms with E-state index in [1.165, 1.54) is 0 Å². The maximum absolute atomic E-state index is 11.9. The van der Waals surface area contributed by atoms with Crippen LogP contribution in [0.3, 0.4) is 0 Å². The van der Waals surface area contributed by atoms with Crippen LogP contribution in [0.1, 0.15) is 22.8 Å². The summed E-state index contributed by atoms with van der Waals surface area (Å²) < 4.78 is 2.04. The molecule has 4 rings (SSSR count). The fourth-order valence-electron chi connectivity index (χ4n) is 3.88. The van der Waals surface area contributed by atoms with E-state index in [0.717, 1.165) is 10.9 Å². The Morgan fingerprint density at radius 2 is 1.39 bits per heavy atom. The number of benzene rings is 3. The maximum atomic E-state index is 11.9. The van der Waals surface area contributed by atoms with Gasteiger partial charge >= 0.3 is 0 Å². The second-order valence-electron chi connectivity index (χ2n) is 6.94. The summed E-state index contributed by atoms with van der Waals surface area (Å²) in [6.07, 6.45) is 2.59. The molecule has 0 amide bonds. The van der Waals surface area contributed by atoms with Crippen LogP contribution in [0.2, 0.25) is 0 Å². The van der Waals surface area contributed by atoms with Crippen LogP contribution in [0.15, 0.2) is 104 Å². The van der Waals surface area contributed by atoms with E-state index in [-0.39, 0.29) is 0 Å². The number of hydrogen-bond acceptors (Lipinski definition) is 2. The fourth-order valence-corrected chi connectivity index (χ4v) is 3.88. The van der Waals surface area contributed by atoms with Gasteiger partial charge in [-0.15, -0.1) is 6.58 Å². The first-order valence-corrected chi connectivity index (χ1v) is 9.36.